The molecule has 0 unspecified atom stereocenters. The summed E-state index contributed by atoms with van der Waals surface area (Å²) in [5.41, 5.74) is -0.246. The summed E-state index contributed by atoms with van der Waals surface area (Å²) in [5.74, 6) is -1.96. The van der Waals surface area contributed by atoms with Gasteiger partial charge in [0.2, 0.25) is 0 Å². The van der Waals surface area contributed by atoms with E-state index in [1.165, 1.54) is 0 Å². The molecular weight excluding hydrogens is 202 g/mol. The summed E-state index contributed by atoms with van der Waals surface area (Å²) in [7, 11) is 0. The van der Waals surface area contributed by atoms with Crippen molar-refractivity contribution < 1.29 is 19.8 Å². The average molecular weight is 213 g/mol. The van der Waals surface area contributed by atoms with Gasteiger partial charge in [-0.15, -0.1) is 0 Å². The molecule has 0 aromatic heterocycles. The Morgan fingerprint density at radius 1 is 1.47 bits per heavy atom. The SMILES string of the molecule is N#C/C(=C/NCCO)C(=O)NCC(=O)O. The van der Waals surface area contributed by atoms with Gasteiger partial charge in [-0.25, -0.2) is 0 Å². The second-order valence-corrected chi connectivity index (χ2v) is 2.42. The number of hydrogen-bond donors (Lipinski definition) is 4. The first-order chi connectivity index (χ1) is 7.11. The monoisotopic (exact) mass is 213 g/mol. The van der Waals surface area contributed by atoms with Crippen molar-refractivity contribution in [2.45, 2.75) is 0 Å². The minimum atomic E-state index is -1.19. The maximum atomic E-state index is 11.1. The quantitative estimate of drug-likeness (QED) is 0.234. The third kappa shape index (κ3) is 6.06. The maximum absolute atomic E-state index is 11.1. The molecule has 15 heavy (non-hydrogen) atoms. The predicted octanol–water partition coefficient (Wildman–Crippen LogP) is -1.82. The van der Waals surface area contributed by atoms with Gasteiger partial charge in [-0.1, -0.05) is 0 Å². The molecule has 0 heterocycles. The van der Waals surface area contributed by atoms with Gasteiger partial charge in [-0.05, 0) is 0 Å². The summed E-state index contributed by atoms with van der Waals surface area (Å²) in [4.78, 5) is 21.2. The predicted molar refractivity (Wildman–Crippen MR) is 49.4 cm³/mol. The summed E-state index contributed by atoms with van der Waals surface area (Å²) >= 11 is 0. The lowest BCUT2D eigenvalue weighted by Crippen LogP contribution is -2.30. The normalized spacial score (nSPS) is 10.3. The van der Waals surface area contributed by atoms with Crippen LogP contribution in [-0.2, 0) is 9.59 Å². The molecule has 0 aliphatic rings. The lowest BCUT2D eigenvalue weighted by atomic mass is 10.3. The van der Waals surface area contributed by atoms with Crippen LogP contribution in [0.2, 0.25) is 0 Å². The van der Waals surface area contributed by atoms with E-state index in [2.05, 4.69) is 5.32 Å². The second kappa shape index (κ2) is 7.34. The van der Waals surface area contributed by atoms with Crippen molar-refractivity contribution in [3.8, 4) is 6.07 Å². The number of carbonyl (C=O) groups is 2. The lowest BCUT2D eigenvalue weighted by molar-refractivity contribution is -0.137. The van der Waals surface area contributed by atoms with Gasteiger partial charge in [0.1, 0.15) is 18.2 Å². The van der Waals surface area contributed by atoms with Crippen LogP contribution in [0, 0.1) is 11.3 Å². The van der Waals surface area contributed by atoms with Crippen LogP contribution >= 0.6 is 0 Å². The molecule has 0 rings (SSSR count). The summed E-state index contributed by atoms with van der Waals surface area (Å²) in [6.07, 6.45) is 1.12. The number of carboxylic acid groups (broad SMARTS) is 1. The van der Waals surface area contributed by atoms with E-state index in [0.717, 1.165) is 6.20 Å². The van der Waals surface area contributed by atoms with Crippen molar-refractivity contribution in [3.05, 3.63) is 11.8 Å². The van der Waals surface area contributed by atoms with Crippen LogP contribution in [0.3, 0.4) is 0 Å². The number of hydrogen-bond acceptors (Lipinski definition) is 5. The molecule has 0 aliphatic carbocycles. The van der Waals surface area contributed by atoms with Crippen LogP contribution in [0.15, 0.2) is 11.8 Å². The van der Waals surface area contributed by atoms with Crippen molar-refractivity contribution in [3.63, 3.8) is 0 Å². The van der Waals surface area contributed by atoms with Gasteiger partial charge < -0.3 is 20.8 Å². The molecule has 7 nitrogen and oxygen atoms in total. The first-order valence-corrected chi connectivity index (χ1v) is 4.06. The van der Waals surface area contributed by atoms with Crippen molar-refractivity contribution in [2.24, 2.45) is 0 Å². The average Bonchev–Trinajstić information content (AvgIpc) is 2.21. The van der Waals surface area contributed by atoms with Crippen molar-refractivity contribution in [2.75, 3.05) is 19.7 Å². The summed E-state index contributed by atoms with van der Waals surface area (Å²) in [6.45, 7) is -0.471. The Kier molecular flexibility index (Phi) is 6.33. The third-order valence-electron chi connectivity index (χ3n) is 1.27. The van der Waals surface area contributed by atoms with E-state index in [1.807, 2.05) is 5.32 Å². The number of aliphatic carboxylic acids is 1. The minimum absolute atomic E-state index is 0.133. The van der Waals surface area contributed by atoms with Crippen LogP contribution in [0.25, 0.3) is 0 Å². The van der Waals surface area contributed by atoms with Gasteiger partial charge in [-0.3, -0.25) is 9.59 Å². The lowest BCUT2D eigenvalue weighted by Gasteiger charge is -2.01. The standard InChI is InChI=1S/C8H11N3O4/c9-3-6(4-10-1-2-12)8(15)11-5-7(13)14/h4,10,12H,1-2,5H2,(H,11,15)(H,13,14)/b6-4-. The Morgan fingerprint density at radius 2 is 2.13 bits per heavy atom. The Morgan fingerprint density at radius 3 is 2.60 bits per heavy atom. The molecule has 0 aromatic rings. The molecule has 82 valence electrons. The van der Waals surface area contributed by atoms with E-state index in [0.29, 0.717) is 0 Å². The zero-order valence-corrected chi connectivity index (χ0v) is 7.86. The third-order valence-corrected chi connectivity index (χ3v) is 1.27. The Bertz CT molecular complexity index is 305. The van der Waals surface area contributed by atoms with E-state index < -0.39 is 18.4 Å². The first kappa shape index (κ1) is 12.9. The van der Waals surface area contributed by atoms with Gasteiger partial charge >= 0.3 is 5.97 Å². The highest BCUT2D eigenvalue weighted by molar-refractivity contribution is 5.98. The number of carboxylic acids is 1. The van der Waals surface area contributed by atoms with E-state index in [1.54, 1.807) is 6.07 Å². The van der Waals surface area contributed by atoms with E-state index >= 15 is 0 Å². The minimum Gasteiger partial charge on any atom is -0.480 e. The molecule has 1 amide bonds. The number of aliphatic hydroxyl groups excluding tert-OH is 1. The number of amides is 1. The highest BCUT2D eigenvalue weighted by Gasteiger charge is 2.09. The topological polar surface area (TPSA) is 122 Å². The molecular formula is C8H11N3O4. The Labute approximate surface area is 86.0 Å². The highest BCUT2D eigenvalue weighted by Crippen LogP contribution is 1.89. The fraction of sp³-hybridized carbons (Fsp3) is 0.375. The molecule has 0 spiro atoms. The smallest absolute Gasteiger partial charge is 0.322 e. The molecule has 0 saturated heterocycles. The maximum Gasteiger partial charge on any atom is 0.322 e. The number of aliphatic hydroxyl groups is 1. The Hall–Kier alpha value is -2.07. The molecule has 0 saturated carbocycles. The molecule has 0 bridgehead atoms. The van der Waals surface area contributed by atoms with Gasteiger partial charge in [-0.2, -0.15) is 5.26 Å². The number of nitrogens with zero attached hydrogens (tertiary/aromatic N) is 1. The summed E-state index contributed by atoms with van der Waals surface area (Å²) < 4.78 is 0. The molecule has 0 atom stereocenters. The molecule has 4 N–H and O–H groups in total. The van der Waals surface area contributed by atoms with E-state index in [9.17, 15) is 9.59 Å². The van der Waals surface area contributed by atoms with Gasteiger partial charge in [0.15, 0.2) is 0 Å². The molecule has 0 radical (unpaired) electrons. The van der Waals surface area contributed by atoms with Crippen molar-refractivity contribution in [1.29, 1.82) is 5.26 Å². The number of nitriles is 1. The van der Waals surface area contributed by atoms with Gasteiger partial charge in [0.25, 0.3) is 5.91 Å². The highest BCUT2D eigenvalue weighted by atomic mass is 16.4. The van der Waals surface area contributed by atoms with E-state index in [4.69, 9.17) is 15.5 Å². The largest absolute Gasteiger partial charge is 0.480 e. The van der Waals surface area contributed by atoms with Crippen LogP contribution in [0.5, 0.6) is 0 Å². The van der Waals surface area contributed by atoms with Crippen LogP contribution < -0.4 is 10.6 Å². The van der Waals surface area contributed by atoms with E-state index in [-0.39, 0.29) is 18.7 Å². The fourth-order valence-electron chi connectivity index (χ4n) is 0.638. The number of nitrogens with one attached hydrogen (secondary N) is 2. The number of rotatable bonds is 6. The van der Waals surface area contributed by atoms with Gasteiger partial charge in [0.05, 0.1) is 6.61 Å². The first-order valence-electron chi connectivity index (χ1n) is 4.06. The molecule has 0 aromatic carbocycles. The molecule has 7 heteroatoms. The zero-order chi connectivity index (χ0) is 11.7. The van der Waals surface area contributed by atoms with Crippen LogP contribution in [0.1, 0.15) is 0 Å². The zero-order valence-electron chi connectivity index (χ0n) is 7.86. The molecule has 0 aliphatic heterocycles. The number of carbonyl (C=O) groups excluding carboxylic acids is 1. The fourth-order valence-corrected chi connectivity index (χ4v) is 0.638. The second-order valence-electron chi connectivity index (χ2n) is 2.42. The van der Waals surface area contributed by atoms with Crippen molar-refractivity contribution >= 4 is 11.9 Å². The molecule has 0 fully saturated rings. The summed E-state index contributed by atoms with van der Waals surface area (Å²) in [6, 6.07) is 1.60. The van der Waals surface area contributed by atoms with Gasteiger partial charge in [0, 0.05) is 12.7 Å². The van der Waals surface area contributed by atoms with Crippen LogP contribution in [-0.4, -0.2) is 41.8 Å². The Balaban J connectivity index is 4.17. The van der Waals surface area contributed by atoms with Crippen molar-refractivity contribution in [1.82, 2.24) is 10.6 Å². The summed E-state index contributed by atoms with van der Waals surface area (Å²) in [5, 5.41) is 29.8. The van der Waals surface area contributed by atoms with Crippen LogP contribution in [0.4, 0.5) is 0 Å².